The van der Waals surface area contributed by atoms with Gasteiger partial charge in [0.05, 0.1) is 5.69 Å². The minimum Gasteiger partial charge on any atom is -0.353 e. The van der Waals surface area contributed by atoms with Gasteiger partial charge in [0.2, 0.25) is 6.41 Å². The zero-order valence-corrected chi connectivity index (χ0v) is 14.6. The molecule has 1 heterocycles. The van der Waals surface area contributed by atoms with Crippen molar-refractivity contribution in [2.45, 2.75) is 43.7 Å². The van der Waals surface area contributed by atoms with Gasteiger partial charge in [-0.25, -0.2) is 4.68 Å². The zero-order valence-electron chi connectivity index (χ0n) is 13.9. The van der Waals surface area contributed by atoms with Crippen LogP contribution in [0.2, 0.25) is 5.02 Å². The van der Waals surface area contributed by atoms with Crippen LogP contribution < -0.4 is 10.6 Å². The Bertz CT molecular complexity index is 837. The van der Waals surface area contributed by atoms with Gasteiger partial charge in [-0.15, -0.1) is 0 Å². The maximum Gasteiger partial charge on any atom is 0.272 e. The van der Waals surface area contributed by atoms with E-state index in [0.717, 1.165) is 43.5 Å². The van der Waals surface area contributed by atoms with Crippen molar-refractivity contribution in [1.29, 1.82) is 0 Å². The molecule has 2 N–H and O–H groups in total. The Balaban J connectivity index is 1.50. The van der Waals surface area contributed by atoms with E-state index in [1.807, 2.05) is 19.1 Å². The molecule has 0 radical (unpaired) electrons. The van der Waals surface area contributed by atoms with Crippen LogP contribution in [0.15, 0.2) is 30.3 Å². The molecular weight excluding hydrogens is 340 g/mol. The van der Waals surface area contributed by atoms with Gasteiger partial charge in [-0.2, -0.15) is 5.10 Å². The van der Waals surface area contributed by atoms with Crippen molar-refractivity contribution in [3.63, 3.8) is 0 Å². The minimum absolute atomic E-state index is 0.117. The Morgan fingerprint density at radius 3 is 2.60 bits per heavy atom. The monoisotopic (exact) mass is 358 g/mol. The fraction of sp³-hybridized carbons (Fsp3) is 0.389. The van der Waals surface area contributed by atoms with Gasteiger partial charge < -0.3 is 10.6 Å². The Labute approximate surface area is 150 Å². The number of aryl methyl sites for hydroxylation is 1. The molecule has 2 bridgehead atoms. The van der Waals surface area contributed by atoms with Crippen molar-refractivity contribution >= 4 is 23.9 Å². The van der Waals surface area contributed by atoms with Crippen molar-refractivity contribution in [2.75, 3.05) is 0 Å². The van der Waals surface area contributed by atoms with E-state index >= 15 is 0 Å². The molecule has 0 saturated heterocycles. The van der Waals surface area contributed by atoms with Crippen LogP contribution in [0.3, 0.4) is 0 Å². The number of amides is 2. The number of hydrogen-bond acceptors (Lipinski definition) is 3. The number of nitrogens with one attached hydrogen (secondary N) is 2. The second-order valence-electron chi connectivity index (χ2n) is 7.19. The van der Waals surface area contributed by atoms with E-state index < -0.39 is 0 Å². The zero-order chi connectivity index (χ0) is 17.7. The fourth-order valence-corrected chi connectivity index (χ4v) is 4.39. The first-order chi connectivity index (χ1) is 11.9. The Kier molecular flexibility index (Phi) is 3.61. The number of rotatable bonds is 5. The molecule has 1 aromatic carbocycles. The Hall–Kier alpha value is -2.34. The summed E-state index contributed by atoms with van der Waals surface area (Å²) in [5.74, 6) is -0.169. The summed E-state index contributed by atoms with van der Waals surface area (Å²) in [7, 11) is 0. The molecule has 3 saturated carbocycles. The number of halogens is 1. The summed E-state index contributed by atoms with van der Waals surface area (Å²) in [5.41, 5.74) is 1.81. The maximum absolute atomic E-state index is 12.6. The van der Waals surface area contributed by atoms with E-state index in [4.69, 9.17) is 11.6 Å². The molecule has 3 aliphatic carbocycles. The van der Waals surface area contributed by atoms with Gasteiger partial charge in [0.15, 0.2) is 5.69 Å². The minimum atomic E-state index is -0.203. The lowest BCUT2D eigenvalue weighted by molar-refractivity contribution is -0.112. The highest BCUT2D eigenvalue weighted by atomic mass is 35.5. The number of nitrogens with zero attached hydrogens (tertiary/aromatic N) is 2. The predicted molar refractivity (Wildman–Crippen MR) is 93.9 cm³/mol. The Morgan fingerprint density at radius 1 is 1.24 bits per heavy atom. The summed E-state index contributed by atoms with van der Waals surface area (Å²) >= 11 is 5.92. The van der Waals surface area contributed by atoms with Crippen LogP contribution in [0.25, 0.3) is 5.69 Å². The van der Waals surface area contributed by atoms with E-state index in [-0.39, 0.29) is 17.0 Å². The standard InChI is InChI=1S/C18H19ClN4O2/c1-12-8-15(22-23(12)14-4-2-13(19)3-5-14)16(25)21-18-7-6-17(9-18,10-18)20-11-24/h2-5,8,11H,6-7,9-10H2,1H3,(H,20,24)(H,21,25). The molecule has 6 nitrogen and oxygen atoms in total. The average molecular weight is 359 g/mol. The summed E-state index contributed by atoms with van der Waals surface area (Å²) in [5, 5.41) is 11.1. The molecule has 0 spiro atoms. The largest absolute Gasteiger partial charge is 0.353 e. The third-order valence-electron chi connectivity index (χ3n) is 5.37. The number of benzene rings is 1. The summed E-state index contributed by atoms with van der Waals surface area (Å²) in [4.78, 5) is 23.4. The second-order valence-corrected chi connectivity index (χ2v) is 7.63. The van der Waals surface area contributed by atoms with Crippen LogP contribution in [0.5, 0.6) is 0 Å². The van der Waals surface area contributed by atoms with Crippen molar-refractivity contribution in [2.24, 2.45) is 0 Å². The first-order valence-electron chi connectivity index (χ1n) is 8.31. The van der Waals surface area contributed by atoms with Gasteiger partial charge in [-0.3, -0.25) is 9.59 Å². The van der Waals surface area contributed by atoms with E-state index in [2.05, 4.69) is 15.7 Å². The van der Waals surface area contributed by atoms with Crippen LogP contribution >= 0.6 is 11.6 Å². The highest BCUT2D eigenvalue weighted by Crippen LogP contribution is 2.54. The molecule has 0 aliphatic heterocycles. The van der Waals surface area contributed by atoms with Crippen LogP contribution in [0.4, 0.5) is 0 Å². The van der Waals surface area contributed by atoms with Crippen LogP contribution in [0.1, 0.15) is 41.9 Å². The van der Waals surface area contributed by atoms with Crippen molar-refractivity contribution in [1.82, 2.24) is 20.4 Å². The first-order valence-corrected chi connectivity index (χ1v) is 8.69. The first kappa shape index (κ1) is 16.1. The summed E-state index contributed by atoms with van der Waals surface area (Å²) < 4.78 is 1.73. The molecule has 0 unspecified atom stereocenters. The fourth-order valence-electron chi connectivity index (χ4n) is 4.26. The number of carbonyl (C=O) groups is 2. The van der Waals surface area contributed by atoms with Crippen molar-refractivity contribution in [3.8, 4) is 5.69 Å². The Morgan fingerprint density at radius 2 is 1.92 bits per heavy atom. The second kappa shape index (κ2) is 5.59. The van der Waals surface area contributed by atoms with Crippen molar-refractivity contribution in [3.05, 3.63) is 46.7 Å². The third kappa shape index (κ3) is 2.70. The van der Waals surface area contributed by atoms with E-state index in [9.17, 15) is 9.59 Å². The molecule has 2 aromatic rings. The van der Waals surface area contributed by atoms with Crippen LogP contribution in [-0.2, 0) is 4.79 Å². The van der Waals surface area contributed by atoms with Gasteiger partial charge in [-0.1, -0.05) is 11.6 Å². The summed E-state index contributed by atoms with van der Waals surface area (Å²) in [6.07, 6.45) is 4.14. The highest BCUT2D eigenvalue weighted by molar-refractivity contribution is 6.30. The lowest BCUT2D eigenvalue weighted by Gasteiger charge is -2.47. The smallest absolute Gasteiger partial charge is 0.272 e. The average Bonchev–Trinajstić information content (AvgIpc) is 3.20. The number of aromatic nitrogens is 2. The highest BCUT2D eigenvalue weighted by Gasteiger charge is 2.61. The molecule has 3 aliphatic rings. The van der Waals surface area contributed by atoms with Gasteiger partial charge in [0, 0.05) is 21.8 Å². The van der Waals surface area contributed by atoms with Gasteiger partial charge in [0.1, 0.15) is 0 Å². The molecule has 5 rings (SSSR count). The molecule has 3 fully saturated rings. The number of hydrogen-bond donors (Lipinski definition) is 2. The molecule has 1 aromatic heterocycles. The number of carbonyl (C=O) groups excluding carboxylic acids is 2. The van der Waals surface area contributed by atoms with Gasteiger partial charge in [-0.05, 0) is 62.9 Å². The quantitative estimate of drug-likeness (QED) is 0.806. The molecular formula is C18H19ClN4O2. The third-order valence-corrected chi connectivity index (χ3v) is 5.62. The number of fused-ring (bicyclic) bond motifs is 1. The lowest BCUT2D eigenvalue weighted by atomic mass is 9.71. The topological polar surface area (TPSA) is 76.0 Å². The molecule has 7 heteroatoms. The van der Waals surface area contributed by atoms with Gasteiger partial charge in [0.25, 0.3) is 5.91 Å². The molecule has 25 heavy (non-hydrogen) atoms. The molecule has 130 valence electrons. The van der Waals surface area contributed by atoms with Crippen LogP contribution in [-0.4, -0.2) is 33.2 Å². The predicted octanol–water partition coefficient (Wildman–Crippen LogP) is 2.38. The van der Waals surface area contributed by atoms with Crippen molar-refractivity contribution < 1.29 is 9.59 Å². The molecule has 2 amide bonds. The van der Waals surface area contributed by atoms with E-state index in [1.54, 1.807) is 22.9 Å². The normalized spacial score (nSPS) is 26.8. The van der Waals surface area contributed by atoms with Crippen LogP contribution in [0, 0.1) is 6.92 Å². The lowest BCUT2D eigenvalue weighted by Crippen LogP contribution is -2.63. The maximum atomic E-state index is 12.6. The SMILES string of the molecule is Cc1cc(C(=O)NC23CCC(NC=O)(C2)C3)nn1-c1ccc(Cl)cc1. The molecule has 0 atom stereocenters. The summed E-state index contributed by atoms with van der Waals surface area (Å²) in [6, 6.07) is 9.10. The van der Waals surface area contributed by atoms with E-state index in [1.165, 1.54) is 0 Å². The van der Waals surface area contributed by atoms with Gasteiger partial charge >= 0.3 is 0 Å². The van der Waals surface area contributed by atoms with E-state index in [0.29, 0.717) is 10.7 Å². The summed E-state index contributed by atoms with van der Waals surface area (Å²) in [6.45, 7) is 1.91.